The molecule has 0 aliphatic carbocycles. The van der Waals surface area contributed by atoms with Gasteiger partial charge >= 0.3 is 0 Å². The van der Waals surface area contributed by atoms with E-state index in [0.717, 1.165) is 0 Å². The maximum atomic E-state index is 12.0. The van der Waals surface area contributed by atoms with Gasteiger partial charge in [0.15, 0.2) is 17.7 Å². The molecule has 0 spiro atoms. The zero-order chi connectivity index (χ0) is 17.1. The summed E-state index contributed by atoms with van der Waals surface area (Å²) < 4.78 is -4.90. The van der Waals surface area contributed by atoms with Crippen LogP contribution in [0.5, 0.6) is 0 Å². The molecule has 0 aliphatic heterocycles. The largest absolute Gasteiger partial charge is 0.296 e. The topological polar surface area (TPSA) is 17.1 Å². The summed E-state index contributed by atoms with van der Waals surface area (Å²) in [7, 11) is 0. The van der Waals surface area contributed by atoms with E-state index in [1.165, 1.54) is 0 Å². The lowest BCUT2D eigenvalue weighted by molar-refractivity contribution is -0.119. The van der Waals surface area contributed by atoms with Crippen LogP contribution in [0.2, 0.25) is 0 Å². The third-order valence-electron chi connectivity index (χ3n) is 2.20. The summed E-state index contributed by atoms with van der Waals surface area (Å²) in [5, 5.41) is -1.44. The monoisotopic (exact) mass is 496 g/mol. The highest BCUT2D eigenvalue weighted by molar-refractivity contribution is 6.68. The number of hydrogen-bond donors (Lipinski definition) is 0. The molecule has 11 heteroatoms. The van der Waals surface area contributed by atoms with Crippen molar-refractivity contribution in [1.29, 1.82) is 0 Å². The van der Waals surface area contributed by atoms with E-state index in [-0.39, 0.29) is 25.7 Å². The molecule has 0 radical (unpaired) electrons. The summed E-state index contributed by atoms with van der Waals surface area (Å²) in [5.41, 5.74) is 0. The molecule has 126 valence electrons. The minimum atomic E-state index is -1.76. The van der Waals surface area contributed by atoms with Crippen LogP contribution in [0.15, 0.2) is 0 Å². The van der Waals surface area contributed by atoms with Crippen LogP contribution in [0.25, 0.3) is 0 Å². The summed E-state index contributed by atoms with van der Waals surface area (Å²) in [6.07, 6.45) is -0.346. The van der Waals surface area contributed by atoms with Crippen molar-refractivity contribution < 1.29 is 4.79 Å². The van der Waals surface area contributed by atoms with Gasteiger partial charge in [-0.2, -0.15) is 0 Å². The molecule has 0 saturated heterocycles. The molecule has 0 fully saturated rings. The predicted molar refractivity (Wildman–Crippen MR) is 97.8 cm³/mol. The van der Waals surface area contributed by atoms with Crippen LogP contribution in [-0.4, -0.2) is 28.5 Å². The third kappa shape index (κ3) is 12.6. The Morgan fingerprint density at radius 2 is 1.10 bits per heavy atom. The second kappa shape index (κ2) is 9.32. The van der Waals surface area contributed by atoms with Crippen LogP contribution in [0.3, 0.4) is 0 Å². The number of halogens is 10. The molecule has 0 aromatic heterocycles. The lowest BCUT2D eigenvalue weighted by atomic mass is 10.1. The molecule has 0 heterocycles. The fourth-order valence-corrected chi connectivity index (χ4v) is 4.50. The van der Waals surface area contributed by atoms with Crippen LogP contribution in [0.4, 0.5) is 0 Å². The van der Waals surface area contributed by atoms with Crippen molar-refractivity contribution in [3.63, 3.8) is 0 Å². The van der Waals surface area contributed by atoms with E-state index in [1.807, 2.05) is 0 Å². The number of hydrogen-bond acceptors (Lipinski definition) is 1. The third-order valence-corrected chi connectivity index (χ3v) is 4.47. The second-order valence-corrected chi connectivity index (χ2v) is 12.1. The van der Waals surface area contributed by atoms with E-state index in [9.17, 15) is 4.79 Å². The second-order valence-electron chi connectivity index (χ2n) is 4.37. The minimum absolute atomic E-state index is 0.0217. The van der Waals surface area contributed by atoms with E-state index < -0.39 is 28.5 Å². The Morgan fingerprint density at radius 1 is 0.714 bits per heavy atom. The van der Waals surface area contributed by atoms with Crippen LogP contribution in [0.1, 0.15) is 25.7 Å². The molecule has 21 heavy (non-hydrogen) atoms. The van der Waals surface area contributed by atoms with Crippen molar-refractivity contribution in [2.75, 3.05) is 0 Å². The smallest absolute Gasteiger partial charge is 0.192 e. The van der Waals surface area contributed by atoms with E-state index in [2.05, 4.69) is 0 Å². The van der Waals surface area contributed by atoms with Gasteiger partial charge in [-0.15, -0.1) is 23.2 Å². The lowest BCUT2D eigenvalue weighted by Gasteiger charge is -2.24. The molecular formula is C10H10Cl10O. The van der Waals surface area contributed by atoms with Gasteiger partial charge in [0.05, 0.1) is 0 Å². The van der Waals surface area contributed by atoms with E-state index in [4.69, 9.17) is 116 Å². The first-order valence-electron chi connectivity index (χ1n) is 5.45. The summed E-state index contributed by atoms with van der Waals surface area (Å²) in [6.45, 7) is 0. The molecule has 0 amide bonds. The minimum Gasteiger partial charge on any atom is -0.296 e. The highest BCUT2D eigenvalue weighted by atomic mass is 35.6. The van der Waals surface area contributed by atoms with Gasteiger partial charge in [-0.25, -0.2) is 0 Å². The first-order chi connectivity index (χ1) is 9.12. The molecule has 0 saturated carbocycles. The molecule has 0 bridgehead atoms. The molecule has 2 unspecified atom stereocenters. The number of carbonyl (C=O) groups excluding carboxylic acids is 1. The predicted octanol–water partition coefficient (Wildman–Crippen LogP) is 7.25. The first-order valence-corrected chi connectivity index (χ1v) is 9.35. The SMILES string of the molecule is O=C(CC(Cl)CC(Cl)(Cl)Cl)C(Cl)(Cl)CC(Cl)CC(Cl)(Cl)Cl. The number of alkyl halides is 10. The van der Waals surface area contributed by atoms with Gasteiger partial charge in [0.1, 0.15) is 0 Å². The van der Waals surface area contributed by atoms with Gasteiger partial charge in [-0.05, 0) is 0 Å². The highest BCUT2D eigenvalue weighted by Gasteiger charge is 2.39. The van der Waals surface area contributed by atoms with Crippen molar-refractivity contribution in [1.82, 2.24) is 0 Å². The average molecular weight is 501 g/mol. The van der Waals surface area contributed by atoms with Gasteiger partial charge in [0.2, 0.25) is 0 Å². The fourth-order valence-electron chi connectivity index (χ4n) is 1.39. The van der Waals surface area contributed by atoms with Crippen molar-refractivity contribution in [3.05, 3.63) is 0 Å². The van der Waals surface area contributed by atoms with Crippen molar-refractivity contribution in [2.45, 2.75) is 48.4 Å². The zero-order valence-electron chi connectivity index (χ0n) is 10.2. The zero-order valence-corrected chi connectivity index (χ0v) is 17.7. The Morgan fingerprint density at radius 3 is 1.48 bits per heavy atom. The molecule has 0 aliphatic rings. The van der Waals surface area contributed by atoms with Gasteiger partial charge in [0, 0.05) is 36.4 Å². The molecule has 0 N–H and O–H groups in total. The first kappa shape index (κ1) is 23.6. The van der Waals surface area contributed by atoms with Gasteiger partial charge in [0.25, 0.3) is 0 Å². The van der Waals surface area contributed by atoms with Crippen LogP contribution < -0.4 is 0 Å². The number of carbonyl (C=O) groups is 1. The van der Waals surface area contributed by atoms with Gasteiger partial charge < -0.3 is 0 Å². The summed E-state index contributed by atoms with van der Waals surface area (Å²) in [4.78, 5) is 12.0. The standard InChI is InChI=1S/C10H10Cl10O/c11-5(3-9(15,16)17)1-7(21)8(13,14)2-6(12)4-10(18,19)20/h5-6H,1-4H2. The Balaban J connectivity index is 4.52. The average Bonchev–Trinajstić information content (AvgIpc) is 2.08. The van der Waals surface area contributed by atoms with Crippen molar-refractivity contribution in [3.8, 4) is 0 Å². The molecule has 0 aromatic rings. The van der Waals surface area contributed by atoms with Gasteiger partial charge in [-0.1, -0.05) is 92.8 Å². The Hall–Kier alpha value is 2.57. The summed E-state index contributed by atoms with van der Waals surface area (Å²) >= 11 is 57.4. The van der Waals surface area contributed by atoms with Crippen molar-refractivity contribution >= 4 is 122 Å². The maximum Gasteiger partial charge on any atom is 0.192 e. The lowest BCUT2D eigenvalue weighted by Crippen LogP contribution is -2.33. The van der Waals surface area contributed by atoms with Crippen LogP contribution in [-0.2, 0) is 4.79 Å². The van der Waals surface area contributed by atoms with Gasteiger partial charge in [-0.3, -0.25) is 4.79 Å². The Labute approximate surface area is 173 Å². The Kier molecular flexibility index (Phi) is 10.5. The van der Waals surface area contributed by atoms with E-state index in [1.54, 1.807) is 0 Å². The number of Topliss-reactive ketones (excluding diaryl/α,β-unsaturated/α-hetero) is 1. The van der Waals surface area contributed by atoms with Crippen LogP contribution >= 0.6 is 116 Å². The van der Waals surface area contributed by atoms with E-state index >= 15 is 0 Å². The molecule has 0 rings (SSSR count). The van der Waals surface area contributed by atoms with E-state index in [0.29, 0.717) is 0 Å². The molecule has 1 nitrogen and oxygen atoms in total. The van der Waals surface area contributed by atoms with Crippen molar-refractivity contribution in [2.24, 2.45) is 0 Å². The molecular weight excluding hydrogens is 491 g/mol. The molecule has 2 atom stereocenters. The van der Waals surface area contributed by atoms with Crippen LogP contribution in [0, 0.1) is 0 Å². The number of rotatable bonds is 7. The Bertz CT molecular complexity index is 345. The summed E-state index contributed by atoms with van der Waals surface area (Å²) in [6, 6.07) is 0. The number of ketones is 1. The normalized spacial score (nSPS) is 16.7. The maximum absolute atomic E-state index is 12.0. The highest BCUT2D eigenvalue weighted by Crippen LogP contribution is 2.40. The quantitative estimate of drug-likeness (QED) is 0.337. The summed E-state index contributed by atoms with van der Waals surface area (Å²) in [5.74, 6) is -0.546. The molecule has 0 aromatic carbocycles. The fraction of sp³-hybridized carbons (Fsp3) is 0.900.